The van der Waals surface area contributed by atoms with Crippen molar-refractivity contribution in [2.75, 3.05) is 0 Å². The molecule has 2 aromatic rings. The molecule has 0 atom stereocenters. The molecule has 4 heteroatoms. The van der Waals surface area contributed by atoms with Gasteiger partial charge in [0.2, 0.25) is 0 Å². The molecule has 1 fully saturated rings. The summed E-state index contributed by atoms with van der Waals surface area (Å²) in [4.78, 5) is 11.7. The standard InChI is InChI=1S/C19H19BrO3/c1-13-10-15(19(18(21)22)8-5-9-19)11-16(20)17(13)23-12-14-6-3-2-4-7-14/h2-4,6-7,10-11H,5,8-9,12H2,1H3,(H,21,22). The molecule has 1 aliphatic carbocycles. The van der Waals surface area contributed by atoms with Crippen molar-refractivity contribution in [2.45, 2.75) is 38.2 Å². The number of hydrogen-bond donors (Lipinski definition) is 1. The van der Waals surface area contributed by atoms with Gasteiger partial charge in [-0.25, -0.2) is 0 Å². The maximum atomic E-state index is 11.7. The Bertz CT molecular complexity index is 698. The van der Waals surface area contributed by atoms with Crippen LogP contribution < -0.4 is 4.74 Å². The summed E-state index contributed by atoms with van der Waals surface area (Å²) >= 11 is 3.55. The van der Waals surface area contributed by atoms with Crippen LogP contribution in [0.5, 0.6) is 5.75 Å². The molecule has 1 saturated carbocycles. The van der Waals surface area contributed by atoms with Gasteiger partial charge in [-0.1, -0.05) is 42.8 Å². The summed E-state index contributed by atoms with van der Waals surface area (Å²) < 4.78 is 6.75. The van der Waals surface area contributed by atoms with Crippen LogP contribution in [0.4, 0.5) is 0 Å². The number of benzene rings is 2. The molecule has 1 aliphatic rings. The molecule has 0 spiro atoms. The van der Waals surface area contributed by atoms with Gasteiger partial charge in [-0.05, 0) is 58.5 Å². The van der Waals surface area contributed by atoms with E-state index in [-0.39, 0.29) is 0 Å². The monoisotopic (exact) mass is 374 g/mol. The van der Waals surface area contributed by atoms with Crippen LogP contribution in [-0.4, -0.2) is 11.1 Å². The van der Waals surface area contributed by atoms with Crippen molar-refractivity contribution in [3.05, 3.63) is 63.6 Å². The molecule has 120 valence electrons. The smallest absolute Gasteiger partial charge is 0.314 e. The van der Waals surface area contributed by atoms with E-state index in [4.69, 9.17) is 4.74 Å². The van der Waals surface area contributed by atoms with E-state index in [0.717, 1.165) is 33.3 Å². The van der Waals surface area contributed by atoms with Gasteiger partial charge in [-0.2, -0.15) is 0 Å². The zero-order valence-electron chi connectivity index (χ0n) is 13.0. The lowest BCUT2D eigenvalue weighted by Gasteiger charge is -2.38. The first kappa shape index (κ1) is 16.1. The van der Waals surface area contributed by atoms with Gasteiger partial charge in [0.25, 0.3) is 0 Å². The molecule has 3 nitrogen and oxygen atoms in total. The first-order valence-corrected chi connectivity index (χ1v) is 8.53. The van der Waals surface area contributed by atoms with Gasteiger partial charge in [0, 0.05) is 0 Å². The molecule has 0 bridgehead atoms. The van der Waals surface area contributed by atoms with E-state index in [1.165, 1.54) is 0 Å². The number of aryl methyl sites for hydroxylation is 1. The first-order valence-electron chi connectivity index (χ1n) is 7.74. The van der Waals surface area contributed by atoms with Crippen molar-refractivity contribution in [1.29, 1.82) is 0 Å². The van der Waals surface area contributed by atoms with Crippen LogP contribution in [0.15, 0.2) is 46.9 Å². The van der Waals surface area contributed by atoms with E-state index >= 15 is 0 Å². The highest BCUT2D eigenvalue weighted by atomic mass is 79.9. The lowest BCUT2D eigenvalue weighted by atomic mass is 9.64. The number of hydrogen-bond acceptors (Lipinski definition) is 2. The maximum absolute atomic E-state index is 11.7. The first-order chi connectivity index (χ1) is 11.0. The van der Waals surface area contributed by atoms with E-state index in [1.54, 1.807) is 0 Å². The Morgan fingerprint density at radius 2 is 1.96 bits per heavy atom. The topological polar surface area (TPSA) is 46.5 Å². The number of halogens is 1. The minimum atomic E-state index is -0.729. The fraction of sp³-hybridized carbons (Fsp3) is 0.316. The lowest BCUT2D eigenvalue weighted by Crippen LogP contribution is -2.42. The molecule has 23 heavy (non-hydrogen) atoms. The average Bonchev–Trinajstić information content (AvgIpc) is 2.46. The van der Waals surface area contributed by atoms with Crippen molar-refractivity contribution in [3.8, 4) is 5.75 Å². The van der Waals surface area contributed by atoms with E-state index < -0.39 is 11.4 Å². The highest BCUT2D eigenvalue weighted by molar-refractivity contribution is 9.10. The molecule has 3 rings (SSSR count). The summed E-state index contributed by atoms with van der Waals surface area (Å²) in [6, 6.07) is 13.8. The van der Waals surface area contributed by atoms with E-state index in [0.29, 0.717) is 19.4 Å². The molecule has 1 N–H and O–H groups in total. The Hall–Kier alpha value is -1.81. The quantitative estimate of drug-likeness (QED) is 0.813. The number of carboxylic acids is 1. The van der Waals surface area contributed by atoms with Crippen LogP contribution in [0.25, 0.3) is 0 Å². The Morgan fingerprint density at radius 1 is 1.26 bits per heavy atom. The summed E-state index contributed by atoms with van der Waals surface area (Å²) in [5.41, 5.74) is 2.21. The molecular weight excluding hydrogens is 356 g/mol. The summed E-state index contributed by atoms with van der Waals surface area (Å²) in [6.45, 7) is 2.45. The fourth-order valence-corrected chi connectivity index (χ4v) is 3.75. The van der Waals surface area contributed by atoms with Gasteiger partial charge in [-0.15, -0.1) is 0 Å². The fourth-order valence-electron chi connectivity index (χ4n) is 3.08. The van der Waals surface area contributed by atoms with Crippen LogP contribution in [0.1, 0.15) is 36.0 Å². The number of aliphatic carboxylic acids is 1. The zero-order chi connectivity index (χ0) is 16.4. The van der Waals surface area contributed by atoms with E-state index in [9.17, 15) is 9.90 Å². The predicted octanol–water partition coefficient (Wildman–Crippen LogP) is 4.84. The minimum absolute atomic E-state index is 0.490. The summed E-state index contributed by atoms with van der Waals surface area (Å²) in [5, 5.41) is 9.59. The molecular formula is C19H19BrO3. The molecule has 0 aromatic heterocycles. The van der Waals surface area contributed by atoms with Crippen molar-refractivity contribution in [1.82, 2.24) is 0 Å². The van der Waals surface area contributed by atoms with Crippen LogP contribution in [0.3, 0.4) is 0 Å². The lowest BCUT2D eigenvalue weighted by molar-refractivity contribution is -0.147. The number of ether oxygens (including phenoxy) is 1. The minimum Gasteiger partial charge on any atom is -0.487 e. The van der Waals surface area contributed by atoms with Crippen molar-refractivity contribution in [2.24, 2.45) is 0 Å². The molecule has 0 saturated heterocycles. The Labute approximate surface area is 144 Å². The average molecular weight is 375 g/mol. The van der Waals surface area contributed by atoms with Gasteiger partial charge in [0.1, 0.15) is 12.4 Å². The number of carboxylic acid groups (broad SMARTS) is 1. The second-order valence-corrected chi connectivity index (χ2v) is 6.97. The molecule has 0 unspecified atom stereocenters. The van der Waals surface area contributed by atoms with Gasteiger partial charge in [-0.3, -0.25) is 4.79 Å². The maximum Gasteiger partial charge on any atom is 0.314 e. The van der Waals surface area contributed by atoms with E-state index in [1.807, 2.05) is 49.4 Å². The Kier molecular flexibility index (Phi) is 4.44. The SMILES string of the molecule is Cc1cc(C2(C(=O)O)CCC2)cc(Br)c1OCc1ccccc1. The van der Waals surface area contributed by atoms with Crippen LogP contribution in [0.2, 0.25) is 0 Å². The van der Waals surface area contributed by atoms with Crippen molar-refractivity contribution < 1.29 is 14.6 Å². The van der Waals surface area contributed by atoms with Gasteiger partial charge >= 0.3 is 5.97 Å². The highest BCUT2D eigenvalue weighted by Crippen LogP contribution is 2.46. The molecule has 0 amide bonds. The third kappa shape index (κ3) is 3.00. The molecule has 0 aliphatic heterocycles. The number of rotatable bonds is 5. The second-order valence-electron chi connectivity index (χ2n) is 6.12. The predicted molar refractivity (Wildman–Crippen MR) is 92.8 cm³/mol. The third-order valence-electron chi connectivity index (χ3n) is 4.62. The summed E-state index contributed by atoms with van der Waals surface area (Å²) in [6.07, 6.45) is 2.38. The Morgan fingerprint density at radius 3 is 2.48 bits per heavy atom. The molecule has 2 aromatic carbocycles. The van der Waals surface area contributed by atoms with Crippen LogP contribution in [0, 0.1) is 6.92 Å². The van der Waals surface area contributed by atoms with Gasteiger partial charge < -0.3 is 9.84 Å². The number of carbonyl (C=O) groups is 1. The second kappa shape index (κ2) is 6.36. The van der Waals surface area contributed by atoms with Crippen LogP contribution in [-0.2, 0) is 16.8 Å². The van der Waals surface area contributed by atoms with Crippen molar-refractivity contribution in [3.63, 3.8) is 0 Å². The van der Waals surface area contributed by atoms with Gasteiger partial charge in [0.15, 0.2) is 0 Å². The van der Waals surface area contributed by atoms with Crippen molar-refractivity contribution >= 4 is 21.9 Å². The third-order valence-corrected chi connectivity index (χ3v) is 5.21. The normalized spacial score (nSPS) is 15.7. The largest absolute Gasteiger partial charge is 0.487 e. The Balaban J connectivity index is 1.85. The highest BCUT2D eigenvalue weighted by Gasteiger charge is 2.46. The van der Waals surface area contributed by atoms with Gasteiger partial charge in [0.05, 0.1) is 9.89 Å². The summed E-state index contributed by atoms with van der Waals surface area (Å²) in [5.74, 6) is 0.0467. The van der Waals surface area contributed by atoms with Crippen LogP contribution >= 0.6 is 15.9 Å². The van der Waals surface area contributed by atoms with E-state index in [2.05, 4.69) is 15.9 Å². The summed E-state index contributed by atoms with van der Waals surface area (Å²) in [7, 11) is 0. The molecule has 0 radical (unpaired) electrons. The molecule has 0 heterocycles. The zero-order valence-corrected chi connectivity index (χ0v) is 14.6.